The normalized spacial score (nSPS) is 10.5. The molecule has 0 unspecified atom stereocenters. The van der Waals surface area contributed by atoms with Gasteiger partial charge in [0.2, 0.25) is 0 Å². The number of hydrogen-bond donors (Lipinski definition) is 2. The van der Waals surface area contributed by atoms with Gasteiger partial charge in [-0.15, -0.1) is 0 Å². The van der Waals surface area contributed by atoms with E-state index in [2.05, 4.69) is 10.5 Å². The van der Waals surface area contributed by atoms with Crippen LogP contribution in [0.15, 0.2) is 47.6 Å². The van der Waals surface area contributed by atoms with Gasteiger partial charge in [0.05, 0.1) is 6.21 Å². The van der Waals surface area contributed by atoms with Gasteiger partial charge in [0.25, 0.3) is 5.91 Å². The number of aliphatic carboxylic acids is 1. The van der Waals surface area contributed by atoms with Crippen LogP contribution in [-0.2, 0) is 9.59 Å². The van der Waals surface area contributed by atoms with Gasteiger partial charge in [0.1, 0.15) is 11.5 Å². The predicted octanol–water partition coefficient (Wildman–Crippen LogP) is 2.30. The maximum absolute atomic E-state index is 11.8. The highest BCUT2D eigenvalue weighted by Crippen LogP contribution is 2.18. The first-order chi connectivity index (χ1) is 12.4. The molecular weight excluding hydrogens is 336 g/mol. The monoisotopic (exact) mass is 356 g/mol. The second-order valence-electron chi connectivity index (χ2n) is 5.60. The first-order valence-corrected chi connectivity index (χ1v) is 7.90. The van der Waals surface area contributed by atoms with E-state index in [0.717, 1.165) is 16.7 Å². The third-order valence-electron chi connectivity index (χ3n) is 3.35. The van der Waals surface area contributed by atoms with Gasteiger partial charge in [-0.3, -0.25) is 4.79 Å². The highest BCUT2D eigenvalue weighted by Gasteiger charge is 2.04. The van der Waals surface area contributed by atoms with Crippen LogP contribution in [0.2, 0.25) is 0 Å². The van der Waals surface area contributed by atoms with Crippen LogP contribution in [0.5, 0.6) is 11.5 Å². The standard InChI is InChI=1S/C19H20N2O5/c1-13-3-4-14(2)17(9-13)26-11-18(22)21-20-10-15-5-7-16(8-6-15)25-12-19(23)24/h3-10H,11-12H2,1-2H3,(H,21,22)(H,23,24)/b20-10-. The number of carboxylic acids is 1. The Morgan fingerprint density at radius 3 is 2.50 bits per heavy atom. The minimum absolute atomic E-state index is 0.135. The summed E-state index contributed by atoms with van der Waals surface area (Å²) >= 11 is 0. The molecule has 136 valence electrons. The molecule has 1 amide bonds. The van der Waals surface area contributed by atoms with Gasteiger partial charge < -0.3 is 14.6 Å². The molecule has 0 aliphatic rings. The summed E-state index contributed by atoms with van der Waals surface area (Å²) in [6.45, 7) is 3.33. The number of nitrogens with zero attached hydrogens (tertiary/aromatic N) is 1. The van der Waals surface area contributed by atoms with Crippen molar-refractivity contribution in [1.82, 2.24) is 5.43 Å². The van der Waals surface area contributed by atoms with Gasteiger partial charge in [-0.25, -0.2) is 10.2 Å². The van der Waals surface area contributed by atoms with Gasteiger partial charge in [-0.05, 0) is 60.9 Å². The number of carbonyl (C=O) groups excluding carboxylic acids is 1. The lowest BCUT2D eigenvalue weighted by Crippen LogP contribution is -2.24. The van der Waals surface area contributed by atoms with Crippen molar-refractivity contribution in [2.45, 2.75) is 13.8 Å². The third kappa shape index (κ3) is 6.27. The molecule has 2 aromatic carbocycles. The van der Waals surface area contributed by atoms with E-state index in [0.29, 0.717) is 11.5 Å². The molecular formula is C19H20N2O5. The van der Waals surface area contributed by atoms with E-state index in [1.54, 1.807) is 24.3 Å². The van der Waals surface area contributed by atoms with E-state index in [9.17, 15) is 9.59 Å². The third-order valence-corrected chi connectivity index (χ3v) is 3.35. The second kappa shape index (κ2) is 9.22. The number of ether oxygens (including phenoxy) is 2. The van der Waals surface area contributed by atoms with Crippen molar-refractivity contribution in [3.63, 3.8) is 0 Å². The minimum atomic E-state index is -1.04. The van der Waals surface area contributed by atoms with Crippen molar-refractivity contribution in [2.75, 3.05) is 13.2 Å². The number of amides is 1. The number of hydrazone groups is 1. The molecule has 0 saturated heterocycles. The summed E-state index contributed by atoms with van der Waals surface area (Å²) in [4.78, 5) is 22.2. The molecule has 2 N–H and O–H groups in total. The highest BCUT2D eigenvalue weighted by molar-refractivity contribution is 5.83. The largest absolute Gasteiger partial charge is 0.483 e. The molecule has 26 heavy (non-hydrogen) atoms. The zero-order valence-electron chi connectivity index (χ0n) is 14.6. The summed E-state index contributed by atoms with van der Waals surface area (Å²) in [5.74, 6) is -0.304. The second-order valence-corrected chi connectivity index (χ2v) is 5.60. The van der Waals surface area contributed by atoms with Crippen molar-refractivity contribution in [2.24, 2.45) is 5.10 Å². The molecule has 0 fully saturated rings. The molecule has 0 aliphatic heterocycles. The number of benzene rings is 2. The van der Waals surface area contributed by atoms with Gasteiger partial charge in [-0.2, -0.15) is 5.10 Å². The van der Waals surface area contributed by atoms with E-state index in [-0.39, 0.29) is 12.5 Å². The molecule has 0 radical (unpaired) electrons. The van der Waals surface area contributed by atoms with Crippen molar-refractivity contribution in [1.29, 1.82) is 0 Å². The fourth-order valence-electron chi connectivity index (χ4n) is 2.01. The smallest absolute Gasteiger partial charge is 0.341 e. The van der Waals surface area contributed by atoms with E-state index in [1.807, 2.05) is 32.0 Å². The Bertz CT molecular complexity index is 800. The maximum atomic E-state index is 11.8. The Kier molecular flexibility index (Phi) is 6.73. The Labute approximate surface area is 151 Å². The van der Waals surface area contributed by atoms with Crippen LogP contribution in [0.1, 0.15) is 16.7 Å². The molecule has 0 spiro atoms. The molecule has 7 heteroatoms. The van der Waals surface area contributed by atoms with E-state index >= 15 is 0 Å². The van der Waals surface area contributed by atoms with Crippen molar-refractivity contribution in [3.8, 4) is 11.5 Å². The van der Waals surface area contributed by atoms with Crippen LogP contribution < -0.4 is 14.9 Å². The first-order valence-electron chi connectivity index (χ1n) is 7.90. The predicted molar refractivity (Wildman–Crippen MR) is 96.7 cm³/mol. The maximum Gasteiger partial charge on any atom is 0.341 e. The van der Waals surface area contributed by atoms with E-state index < -0.39 is 12.6 Å². The summed E-state index contributed by atoms with van der Waals surface area (Å²) in [7, 11) is 0. The lowest BCUT2D eigenvalue weighted by atomic mass is 10.1. The van der Waals surface area contributed by atoms with Crippen LogP contribution >= 0.6 is 0 Å². The Hall–Kier alpha value is -3.35. The van der Waals surface area contributed by atoms with Gasteiger partial charge in [0.15, 0.2) is 13.2 Å². The van der Waals surface area contributed by atoms with Gasteiger partial charge >= 0.3 is 5.97 Å². The van der Waals surface area contributed by atoms with Crippen LogP contribution in [-0.4, -0.2) is 36.4 Å². The molecule has 0 saturated carbocycles. The van der Waals surface area contributed by atoms with Gasteiger partial charge in [-0.1, -0.05) is 12.1 Å². The molecule has 2 rings (SSSR count). The summed E-state index contributed by atoms with van der Waals surface area (Å²) in [5.41, 5.74) is 5.12. The van der Waals surface area contributed by atoms with E-state index in [4.69, 9.17) is 14.6 Å². The molecule has 0 heterocycles. The highest BCUT2D eigenvalue weighted by atomic mass is 16.5. The topological polar surface area (TPSA) is 97.2 Å². The zero-order valence-corrected chi connectivity index (χ0v) is 14.6. The summed E-state index contributed by atoms with van der Waals surface area (Å²) in [6.07, 6.45) is 1.47. The average Bonchev–Trinajstić information content (AvgIpc) is 2.61. The fraction of sp³-hybridized carbons (Fsp3) is 0.211. The van der Waals surface area contributed by atoms with Crippen LogP contribution in [0, 0.1) is 13.8 Å². The zero-order chi connectivity index (χ0) is 18.9. The van der Waals surface area contributed by atoms with Crippen molar-refractivity contribution in [3.05, 3.63) is 59.2 Å². The minimum Gasteiger partial charge on any atom is -0.483 e. The SMILES string of the molecule is Cc1ccc(C)c(OCC(=O)N/N=C\c2ccc(OCC(=O)O)cc2)c1. The van der Waals surface area contributed by atoms with E-state index in [1.165, 1.54) is 6.21 Å². The van der Waals surface area contributed by atoms with Crippen molar-refractivity contribution >= 4 is 18.1 Å². The van der Waals surface area contributed by atoms with Gasteiger partial charge in [0, 0.05) is 0 Å². The lowest BCUT2D eigenvalue weighted by molar-refractivity contribution is -0.139. The number of carbonyl (C=O) groups is 2. The van der Waals surface area contributed by atoms with Crippen LogP contribution in [0.3, 0.4) is 0 Å². The number of carboxylic acid groups (broad SMARTS) is 1. The summed E-state index contributed by atoms with van der Waals surface area (Å²) in [5, 5.41) is 12.4. The number of aryl methyl sites for hydroxylation is 2. The quantitative estimate of drug-likeness (QED) is 0.559. The lowest BCUT2D eigenvalue weighted by Gasteiger charge is -2.08. The summed E-state index contributed by atoms with van der Waals surface area (Å²) < 4.78 is 10.5. The number of nitrogens with one attached hydrogen (secondary N) is 1. The Morgan fingerprint density at radius 2 is 1.81 bits per heavy atom. The Morgan fingerprint density at radius 1 is 1.08 bits per heavy atom. The molecule has 0 atom stereocenters. The fourth-order valence-corrected chi connectivity index (χ4v) is 2.01. The molecule has 0 aromatic heterocycles. The Balaban J connectivity index is 1.79. The molecule has 0 aliphatic carbocycles. The first kappa shape index (κ1) is 19.0. The number of rotatable bonds is 8. The molecule has 2 aromatic rings. The van der Waals surface area contributed by atoms with Crippen LogP contribution in [0.4, 0.5) is 0 Å². The molecule has 0 bridgehead atoms. The average molecular weight is 356 g/mol. The number of hydrogen-bond acceptors (Lipinski definition) is 5. The molecule has 7 nitrogen and oxygen atoms in total. The van der Waals surface area contributed by atoms with Crippen LogP contribution in [0.25, 0.3) is 0 Å². The summed E-state index contributed by atoms with van der Waals surface area (Å²) in [6, 6.07) is 12.4. The van der Waals surface area contributed by atoms with Crippen molar-refractivity contribution < 1.29 is 24.2 Å².